The molecule has 1 aromatic heterocycles. The predicted octanol–water partition coefficient (Wildman–Crippen LogP) is 3.96. The molecular formula is C16H23N3O. The summed E-state index contributed by atoms with van der Waals surface area (Å²) >= 11 is 0. The molecule has 1 aromatic carbocycles. The van der Waals surface area contributed by atoms with Crippen molar-refractivity contribution in [2.75, 3.05) is 5.32 Å². The van der Waals surface area contributed by atoms with Crippen molar-refractivity contribution in [3.05, 3.63) is 41.2 Å². The van der Waals surface area contributed by atoms with Crippen molar-refractivity contribution in [2.24, 2.45) is 0 Å². The first-order valence-corrected chi connectivity index (χ1v) is 7.01. The zero-order valence-corrected chi connectivity index (χ0v) is 12.8. The molecule has 108 valence electrons. The van der Waals surface area contributed by atoms with Crippen molar-refractivity contribution in [3.63, 3.8) is 0 Å². The van der Waals surface area contributed by atoms with E-state index < -0.39 is 0 Å². The normalized spacial score (nSPS) is 12.7. The van der Waals surface area contributed by atoms with Crippen molar-refractivity contribution in [3.8, 4) is 5.75 Å². The van der Waals surface area contributed by atoms with Gasteiger partial charge in [-0.15, -0.1) is 0 Å². The van der Waals surface area contributed by atoms with Gasteiger partial charge in [-0.3, -0.25) is 4.68 Å². The van der Waals surface area contributed by atoms with Crippen LogP contribution in [0.15, 0.2) is 24.3 Å². The summed E-state index contributed by atoms with van der Waals surface area (Å²) in [6.07, 6.45) is 0. The molecule has 0 saturated heterocycles. The molecule has 2 aromatic rings. The second kappa shape index (κ2) is 5.57. The van der Waals surface area contributed by atoms with Gasteiger partial charge < -0.3 is 10.4 Å². The van der Waals surface area contributed by atoms with Crippen LogP contribution < -0.4 is 5.32 Å². The van der Waals surface area contributed by atoms with Crippen LogP contribution in [0.3, 0.4) is 0 Å². The minimum absolute atomic E-state index is 0.115. The van der Waals surface area contributed by atoms with Crippen molar-refractivity contribution < 1.29 is 5.11 Å². The number of rotatable bonds is 4. The third-order valence-corrected chi connectivity index (χ3v) is 3.55. The highest BCUT2D eigenvalue weighted by Gasteiger charge is 2.16. The lowest BCUT2D eigenvalue weighted by Gasteiger charge is -2.17. The van der Waals surface area contributed by atoms with Crippen LogP contribution in [0, 0.1) is 13.8 Å². The Bertz CT molecular complexity index is 602. The summed E-state index contributed by atoms with van der Waals surface area (Å²) in [5.41, 5.74) is 4.28. The molecule has 20 heavy (non-hydrogen) atoms. The number of phenols is 1. The van der Waals surface area contributed by atoms with Crippen LogP contribution in [0.5, 0.6) is 5.75 Å². The number of hydrogen-bond acceptors (Lipinski definition) is 3. The number of aromatic nitrogens is 2. The van der Waals surface area contributed by atoms with Gasteiger partial charge in [0, 0.05) is 12.1 Å². The van der Waals surface area contributed by atoms with Crippen molar-refractivity contribution in [2.45, 2.75) is 46.7 Å². The van der Waals surface area contributed by atoms with Crippen LogP contribution in [0.25, 0.3) is 0 Å². The van der Waals surface area contributed by atoms with E-state index in [1.165, 1.54) is 0 Å². The van der Waals surface area contributed by atoms with Crippen LogP contribution in [-0.2, 0) is 0 Å². The van der Waals surface area contributed by atoms with Crippen LogP contribution in [0.4, 0.5) is 5.69 Å². The number of benzene rings is 1. The number of anilines is 1. The Balaban J connectivity index is 2.26. The second-order valence-corrected chi connectivity index (χ2v) is 5.55. The Labute approximate surface area is 120 Å². The molecule has 0 aliphatic carbocycles. The minimum atomic E-state index is 0.115. The fourth-order valence-corrected chi connectivity index (χ4v) is 2.47. The number of hydrogen-bond donors (Lipinski definition) is 2. The first-order chi connectivity index (χ1) is 9.40. The summed E-state index contributed by atoms with van der Waals surface area (Å²) in [4.78, 5) is 0. The largest absolute Gasteiger partial charge is 0.508 e. The number of phenolic OH excluding ortho intramolecular Hbond substituents is 1. The molecule has 0 aliphatic rings. The Hall–Kier alpha value is -1.97. The van der Waals surface area contributed by atoms with Crippen molar-refractivity contribution in [1.82, 2.24) is 9.78 Å². The third-order valence-electron chi connectivity index (χ3n) is 3.55. The van der Waals surface area contributed by atoms with Gasteiger partial charge in [0.05, 0.1) is 17.1 Å². The zero-order valence-electron chi connectivity index (χ0n) is 12.8. The monoisotopic (exact) mass is 273 g/mol. The third kappa shape index (κ3) is 2.79. The van der Waals surface area contributed by atoms with Crippen molar-refractivity contribution in [1.29, 1.82) is 0 Å². The molecule has 1 atom stereocenters. The fourth-order valence-electron chi connectivity index (χ4n) is 2.47. The van der Waals surface area contributed by atoms with Crippen LogP contribution in [0.2, 0.25) is 0 Å². The quantitative estimate of drug-likeness (QED) is 0.886. The van der Waals surface area contributed by atoms with E-state index in [-0.39, 0.29) is 6.04 Å². The lowest BCUT2D eigenvalue weighted by molar-refractivity contribution is 0.474. The summed E-state index contributed by atoms with van der Waals surface area (Å²) in [7, 11) is 0. The average molecular weight is 273 g/mol. The standard InChI is InChI=1S/C16H23N3O/c1-10(2)19-13(5)16(12(4)18-19)17-11(3)14-7-6-8-15(20)9-14/h6-11,17,20H,1-5H3. The molecule has 0 saturated carbocycles. The number of aromatic hydroxyl groups is 1. The maximum atomic E-state index is 9.57. The van der Waals surface area contributed by atoms with E-state index in [0.29, 0.717) is 11.8 Å². The molecular weight excluding hydrogens is 250 g/mol. The van der Waals surface area contributed by atoms with E-state index in [1.54, 1.807) is 12.1 Å². The van der Waals surface area contributed by atoms with E-state index in [9.17, 15) is 5.11 Å². The van der Waals surface area contributed by atoms with E-state index in [4.69, 9.17) is 0 Å². The maximum absolute atomic E-state index is 9.57. The Morgan fingerprint density at radius 3 is 2.45 bits per heavy atom. The van der Waals surface area contributed by atoms with E-state index >= 15 is 0 Å². The zero-order chi connectivity index (χ0) is 14.9. The molecule has 2 rings (SSSR count). The first-order valence-electron chi connectivity index (χ1n) is 7.01. The van der Waals surface area contributed by atoms with Crippen LogP contribution in [0.1, 0.15) is 49.8 Å². The van der Waals surface area contributed by atoms with Gasteiger partial charge in [-0.05, 0) is 52.3 Å². The minimum Gasteiger partial charge on any atom is -0.508 e. The van der Waals surface area contributed by atoms with E-state index in [0.717, 1.165) is 22.6 Å². The predicted molar refractivity (Wildman–Crippen MR) is 82.2 cm³/mol. The van der Waals surface area contributed by atoms with Gasteiger partial charge in [-0.25, -0.2) is 0 Å². The summed E-state index contributed by atoms with van der Waals surface area (Å²) in [5, 5.41) is 17.7. The van der Waals surface area contributed by atoms with Crippen LogP contribution >= 0.6 is 0 Å². The highest BCUT2D eigenvalue weighted by Crippen LogP contribution is 2.27. The lowest BCUT2D eigenvalue weighted by Crippen LogP contribution is -2.09. The molecule has 0 aliphatic heterocycles. The Kier molecular flexibility index (Phi) is 4.02. The molecule has 0 bridgehead atoms. The fraction of sp³-hybridized carbons (Fsp3) is 0.438. The van der Waals surface area contributed by atoms with Crippen LogP contribution in [-0.4, -0.2) is 14.9 Å². The van der Waals surface area contributed by atoms with E-state index in [2.05, 4.69) is 38.1 Å². The number of nitrogens with one attached hydrogen (secondary N) is 1. The first kappa shape index (κ1) is 14.4. The van der Waals surface area contributed by atoms with Gasteiger partial charge in [0.1, 0.15) is 5.75 Å². The van der Waals surface area contributed by atoms with Gasteiger partial charge in [0.2, 0.25) is 0 Å². The van der Waals surface area contributed by atoms with Gasteiger partial charge >= 0.3 is 0 Å². The molecule has 1 unspecified atom stereocenters. The summed E-state index contributed by atoms with van der Waals surface area (Å²) < 4.78 is 2.03. The smallest absolute Gasteiger partial charge is 0.115 e. The van der Waals surface area contributed by atoms with Gasteiger partial charge in [0.15, 0.2) is 0 Å². The second-order valence-electron chi connectivity index (χ2n) is 5.55. The summed E-state index contributed by atoms with van der Waals surface area (Å²) in [6, 6.07) is 7.80. The topological polar surface area (TPSA) is 50.1 Å². The Morgan fingerprint density at radius 1 is 1.20 bits per heavy atom. The Morgan fingerprint density at radius 2 is 1.90 bits per heavy atom. The molecule has 0 fully saturated rings. The number of nitrogens with zero attached hydrogens (tertiary/aromatic N) is 2. The molecule has 0 spiro atoms. The van der Waals surface area contributed by atoms with Gasteiger partial charge in [0.25, 0.3) is 0 Å². The highest BCUT2D eigenvalue weighted by atomic mass is 16.3. The lowest BCUT2D eigenvalue weighted by atomic mass is 10.1. The maximum Gasteiger partial charge on any atom is 0.115 e. The molecule has 4 nitrogen and oxygen atoms in total. The molecule has 2 N–H and O–H groups in total. The van der Waals surface area contributed by atoms with E-state index in [1.807, 2.05) is 23.7 Å². The number of aryl methyl sites for hydroxylation is 1. The molecule has 4 heteroatoms. The average Bonchev–Trinajstić information content (AvgIpc) is 2.67. The van der Waals surface area contributed by atoms with Crippen molar-refractivity contribution >= 4 is 5.69 Å². The molecule has 0 radical (unpaired) electrons. The molecule has 0 amide bonds. The SMILES string of the molecule is Cc1nn(C(C)C)c(C)c1NC(C)c1cccc(O)c1. The molecule has 1 heterocycles. The van der Waals surface area contributed by atoms with Gasteiger partial charge in [-0.2, -0.15) is 5.10 Å². The highest BCUT2D eigenvalue weighted by molar-refractivity contribution is 5.54. The summed E-state index contributed by atoms with van der Waals surface area (Å²) in [5.74, 6) is 0.294. The summed E-state index contributed by atoms with van der Waals surface area (Å²) in [6.45, 7) is 10.4. The van der Waals surface area contributed by atoms with Gasteiger partial charge in [-0.1, -0.05) is 12.1 Å².